The summed E-state index contributed by atoms with van der Waals surface area (Å²) < 4.78 is 16.6. The highest BCUT2D eigenvalue weighted by molar-refractivity contribution is 6.00. The zero-order valence-corrected chi connectivity index (χ0v) is 19.1. The molecule has 1 saturated heterocycles. The van der Waals surface area contributed by atoms with Gasteiger partial charge < -0.3 is 19.1 Å². The minimum Gasteiger partial charge on any atom is -0.493 e. The minimum absolute atomic E-state index is 0.103. The molecule has 2 aromatic carbocycles. The number of hydrogen-bond donors (Lipinski definition) is 0. The topological polar surface area (TPSA) is 82.1 Å². The Balaban J connectivity index is 1.39. The fourth-order valence-electron chi connectivity index (χ4n) is 4.32. The summed E-state index contributed by atoms with van der Waals surface area (Å²) in [5, 5.41) is 0. The monoisotopic (exact) mass is 449 g/mol. The van der Waals surface area contributed by atoms with Crippen molar-refractivity contribution in [3.8, 4) is 17.2 Å². The molecule has 0 atom stereocenters. The number of aryl methyl sites for hydroxylation is 1. The maximum Gasteiger partial charge on any atom is 0.308 e. The van der Waals surface area contributed by atoms with E-state index < -0.39 is 11.6 Å². The lowest BCUT2D eigenvalue weighted by Gasteiger charge is -2.43. The van der Waals surface area contributed by atoms with Crippen LogP contribution in [0.15, 0.2) is 42.5 Å². The van der Waals surface area contributed by atoms with Crippen LogP contribution in [0, 0.1) is 6.92 Å². The van der Waals surface area contributed by atoms with Gasteiger partial charge in [0.25, 0.3) is 0 Å². The molecule has 0 aliphatic carbocycles. The van der Waals surface area contributed by atoms with Crippen LogP contribution < -0.4 is 14.2 Å². The number of piperidine rings is 1. The zero-order valence-electron chi connectivity index (χ0n) is 19.1. The summed E-state index contributed by atoms with van der Waals surface area (Å²) in [6.07, 6.45) is 4.78. The standard InChI is InChI=1S/C26H27NO6/c1-17-4-7-22-20(14-17)21(29)16-26(33-22)10-12-27(13-11-26)25(30)9-6-19-5-8-23(32-18(2)28)24(15-19)31-3/h4-9,14-15H,10-13,16H2,1-3H3/b9-6+. The van der Waals surface area contributed by atoms with Gasteiger partial charge in [0.1, 0.15) is 11.4 Å². The number of Topliss-reactive ketones (excluding diaryl/α,β-unsaturated/α-hetero) is 1. The summed E-state index contributed by atoms with van der Waals surface area (Å²) in [6, 6.07) is 10.8. The molecule has 2 aliphatic rings. The molecule has 0 radical (unpaired) electrons. The van der Waals surface area contributed by atoms with Crippen LogP contribution in [0.5, 0.6) is 17.2 Å². The molecule has 0 saturated carbocycles. The van der Waals surface area contributed by atoms with Crippen LogP contribution in [0.3, 0.4) is 0 Å². The number of esters is 1. The number of hydrogen-bond acceptors (Lipinski definition) is 6. The molecule has 2 heterocycles. The number of nitrogens with zero attached hydrogens (tertiary/aromatic N) is 1. The molecule has 2 aromatic rings. The Morgan fingerprint density at radius 2 is 1.85 bits per heavy atom. The van der Waals surface area contributed by atoms with Crippen LogP contribution in [0.4, 0.5) is 0 Å². The van der Waals surface area contributed by atoms with E-state index in [1.165, 1.54) is 20.1 Å². The van der Waals surface area contributed by atoms with E-state index in [0.29, 0.717) is 55.2 Å². The number of amides is 1. The lowest BCUT2D eigenvalue weighted by Crippen LogP contribution is -2.52. The van der Waals surface area contributed by atoms with Crippen molar-refractivity contribution in [2.24, 2.45) is 0 Å². The summed E-state index contributed by atoms with van der Waals surface area (Å²) in [4.78, 5) is 38.4. The van der Waals surface area contributed by atoms with Gasteiger partial charge >= 0.3 is 5.97 Å². The Kier molecular flexibility index (Phi) is 6.22. The van der Waals surface area contributed by atoms with Gasteiger partial charge in [0.15, 0.2) is 17.3 Å². The van der Waals surface area contributed by atoms with Crippen LogP contribution in [-0.2, 0) is 9.59 Å². The third kappa shape index (κ3) is 4.92. The molecular weight excluding hydrogens is 422 g/mol. The first-order valence-corrected chi connectivity index (χ1v) is 10.9. The van der Waals surface area contributed by atoms with Gasteiger partial charge in [-0.25, -0.2) is 0 Å². The highest BCUT2D eigenvalue weighted by Gasteiger charge is 2.43. The Morgan fingerprint density at radius 3 is 2.55 bits per heavy atom. The van der Waals surface area contributed by atoms with Gasteiger partial charge in [0, 0.05) is 38.9 Å². The highest BCUT2D eigenvalue weighted by Crippen LogP contribution is 2.39. The normalized spacial score (nSPS) is 16.9. The smallest absolute Gasteiger partial charge is 0.308 e. The van der Waals surface area contributed by atoms with Crippen LogP contribution in [0.1, 0.15) is 47.7 Å². The van der Waals surface area contributed by atoms with E-state index in [9.17, 15) is 14.4 Å². The lowest BCUT2D eigenvalue weighted by atomic mass is 9.82. The molecule has 0 N–H and O–H groups in total. The molecule has 1 amide bonds. The first-order chi connectivity index (χ1) is 15.8. The molecule has 1 fully saturated rings. The van der Waals surface area contributed by atoms with Gasteiger partial charge in [-0.2, -0.15) is 0 Å². The second-order valence-electron chi connectivity index (χ2n) is 8.55. The summed E-state index contributed by atoms with van der Waals surface area (Å²) in [6.45, 7) is 4.32. The molecular formula is C26H27NO6. The Morgan fingerprint density at radius 1 is 1.09 bits per heavy atom. The maximum atomic E-state index is 12.7. The molecule has 33 heavy (non-hydrogen) atoms. The Labute approximate surface area is 192 Å². The number of carbonyl (C=O) groups is 3. The van der Waals surface area contributed by atoms with Crippen molar-refractivity contribution < 1.29 is 28.6 Å². The molecule has 7 nitrogen and oxygen atoms in total. The van der Waals surface area contributed by atoms with E-state index in [1.54, 1.807) is 29.2 Å². The van der Waals surface area contributed by atoms with Gasteiger partial charge in [-0.15, -0.1) is 0 Å². The number of ether oxygens (including phenoxy) is 3. The fraction of sp³-hybridized carbons (Fsp3) is 0.346. The molecule has 172 valence electrons. The number of carbonyl (C=O) groups excluding carboxylic acids is 3. The van der Waals surface area contributed by atoms with E-state index in [4.69, 9.17) is 14.2 Å². The summed E-state index contributed by atoms with van der Waals surface area (Å²) in [5.41, 5.74) is 1.89. The largest absolute Gasteiger partial charge is 0.493 e. The number of fused-ring (bicyclic) bond motifs is 1. The van der Waals surface area contributed by atoms with E-state index in [0.717, 1.165) is 11.1 Å². The van der Waals surface area contributed by atoms with E-state index in [-0.39, 0.29) is 11.7 Å². The number of methoxy groups -OCH3 is 1. The SMILES string of the molecule is COc1cc(/C=C/C(=O)N2CCC3(CC2)CC(=O)c2cc(C)ccc2O3)ccc1OC(C)=O. The first kappa shape index (κ1) is 22.6. The second kappa shape index (κ2) is 9.10. The molecule has 0 aromatic heterocycles. The average molecular weight is 450 g/mol. The van der Waals surface area contributed by atoms with E-state index >= 15 is 0 Å². The Hall–Kier alpha value is -3.61. The Bertz CT molecular complexity index is 1130. The van der Waals surface area contributed by atoms with Gasteiger partial charge in [-0.05, 0) is 42.8 Å². The molecule has 0 unspecified atom stereocenters. The van der Waals surface area contributed by atoms with Crippen LogP contribution in [0.25, 0.3) is 6.08 Å². The van der Waals surface area contributed by atoms with Crippen molar-refractivity contribution in [1.29, 1.82) is 0 Å². The molecule has 2 aliphatic heterocycles. The predicted molar refractivity (Wildman–Crippen MR) is 123 cm³/mol. The lowest BCUT2D eigenvalue weighted by molar-refractivity contribution is -0.132. The number of ketones is 1. The van der Waals surface area contributed by atoms with Crippen molar-refractivity contribution in [3.05, 3.63) is 59.2 Å². The second-order valence-corrected chi connectivity index (χ2v) is 8.55. The first-order valence-electron chi connectivity index (χ1n) is 10.9. The molecule has 0 bridgehead atoms. The van der Waals surface area contributed by atoms with Gasteiger partial charge in [-0.3, -0.25) is 14.4 Å². The third-order valence-electron chi connectivity index (χ3n) is 6.09. The van der Waals surface area contributed by atoms with Crippen LogP contribution in [0.2, 0.25) is 0 Å². The summed E-state index contributed by atoms with van der Waals surface area (Å²) in [5.74, 6) is 0.944. The van der Waals surface area contributed by atoms with Gasteiger partial charge in [0.2, 0.25) is 5.91 Å². The quantitative estimate of drug-likeness (QED) is 0.399. The van der Waals surface area contributed by atoms with Crippen LogP contribution in [-0.4, -0.2) is 48.4 Å². The summed E-state index contributed by atoms with van der Waals surface area (Å²) in [7, 11) is 1.49. The van der Waals surface area contributed by atoms with E-state index in [2.05, 4.69) is 0 Å². The van der Waals surface area contributed by atoms with Crippen molar-refractivity contribution in [2.45, 2.75) is 38.7 Å². The average Bonchev–Trinajstić information content (AvgIpc) is 2.79. The molecule has 4 rings (SSSR count). The zero-order chi connectivity index (χ0) is 23.6. The number of benzene rings is 2. The molecule has 7 heteroatoms. The predicted octanol–water partition coefficient (Wildman–Crippen LogP) is 3.97. The van der Waals surface area contributed by atoms with Crippen molar-refractivity contribution in [3.63, 3.8) is 0 Å². The van der Waals surface area contributed by atoms with Gasteiger partial charge in [-0.1, -0.05) is 17.7 Å². The summed E-state index contributed by atoms with van der Waals surface area (Å²) >= 11 is 0. The molecule has 1 spiro atoms. The highest BCUT2D eigenvalue weighted by atomic mass is 16.6. The fourth-order valence-corrected chi connectivity index (χ4v) is 4.32. The van der Waals surface area contributed by atoms with Gasteiger partial charge in [0.05, 0.1) is 19.1 Å². The number of likely N-dealkylation sites (tertiary alicyclic amines) is 1. The van der Waals surface area contributed by atoms with Crippen molar-refractivity contribution >= 4 is 23.7 Å². The minimum atomic E-state index is -0.542. The van der Waals surface area contributed by atoms with E-state index in [1.807, 2.05) is 25.1 Å². The maximum absolute atomic E-state index is 12.7. The van der Waals surface area contributed by atoms with Crippen LogP contribution >= 0.6 is 0 Å². The number of rotatable bonds is 4. The third-order valence-corrected chi connectivity index (χ3v) is 6.09. The van der Waals surface area contributed by atoms with Crippen molar-refractivity contribution in [1.82, 2.24) is 4.90 Å². The van der Waals surface area contributed by atoms with Crippen molar-refractivity contribution in [2.75, 3.05) is 20.2 Å².